The van der Waals surface area contributed by atoms with E-state index in [1.807, 2.05) is 0 Å². The Morgan fingerprint density at radius 3 is 2.36 bits per heavy atom. The molecule has 28 heavy (non-hydrogen) atoms. The van der Waals surface area contributed by atoms with Crippen LogP contribution in [0.5, 0.6) is 5.75 Å². The molecule has 0 saturated heterocycles. The summed E-state index contributed by atoms with van der Waals surface area (Å²) in [6.45, 7) is 0. The molecule has 8 heteroatoms. The maximum absolute atomic E-state index is 12.7. The van der Waals surface area contributed by atoms with Gasteiger partial charge in [-0.25, -0.2) is 8.42 Å². The van der Waals surface area contributed by atoms with E-state index in [2.05, 4.69) is 10.0 Å². The van der Waals surface area contributed by atoms with Crippen molar-refractivity contribution in [1.29, 1.82) is 0 Å². The van der Waals surface area contributed by atoms with Gasteiger partial charge in [0.25, 0.3) is 15.9 Å². The summed E-state index contributed by atoms with van der Waals surface area (Å²) in [4.78, 5) is 12.4. The molecule has 6 nitrogen and oxygen atoms in total. The van der Waals surface area contributed by atoms with Gasteiger partial charge < -0.3 is 10.1 Å². The molecule has 0 aliphatic rings. The number of anilines is 2. The van der Waals surface area contributed by atoms with Crippen LogP contribution in [0.15, 0.2) is 77.7 Å². The first-order chi connectivity index (χ1) is 13.4. The molecule has 3 rings (SSSR count). The Hall–Kier alpha value is -3.03. The number of amides is 1. The van der Waals surface area contributed by atoms with E-state index < -0.39 is 15.9 Å². The minimum absolute atomic E-state index is 0.0114. The van der Waals surface area contributed by atoms with Gasteiger partial charge >= 0.3 is 0 Å². The van der Waals surface area contributed by atoms with Gasteiger partial charge in [-0.2, -0.15) is 0 Å². The standard InChI is InChI=1S/C20H17ClN2O4S/c1-27-18-10-6-5-9-17(18)22-20(24)14-11-12-16(21)19(13-14)28(25,26)23-15-7-3-2-4-8-15/h2-13,23H,1H3,(H,22,24). The second-order valence-corrected chi connectivity index (χ2v) is 7.83. The van der Waals surface area contributed by atoms with E-state index in [0.717, 1.165) is 0 Å². The molecule has 0 spiro atoms. The summed E-state index contributed by atoms with van der Waals surface area (Å²) >= 11 is 6.09. The van der Waals surface area contributed by atoms with E-state index in [9.17, 15) is 13.2 Å². The highest BCUT2D eigenvalue weighted by molar-refractivity contribution is 7.92. The van der Waals surface area contributed by atoms with Gasteiger partial charge in [0.1, 0.15) is 10.6 Å². The molecule has 3 aromatic rings. The largest absolute Gasteiger partial charge is 0.495 e. The monoisotopic (exact) mass is 416 g/mol. The van der Waals surface area contributed by atoms with E-state index in [4.69, 9.17) is 16.3 Å². The van der Waals surface area contributed by atoms with Crippen LogP contribution in [0.3, 0.4) is 0 Å². The molecule has 3 aromatic carbocycles. The van der Waals surface area contributed by atoms with E-state index in [1.54, 1.807) is 54.6 Å². The highest BCUT2D eigenvalue weighted by atomic mass is 35.5. The smallest absolute Gasteiger partial charge is 0.263 e. The maximum Gasteiger partial charge on any atom is 0.263 e. The first-order valence-corrected chi connectivity index (χ1v) is 10.1. The number of carbonyl (C=O) groups excluding carboxylic acids is 1. The fraction of sp³-hybridized carbons (Fsp3) is 0.0500. The number of benzene rings is 3. The zero-order valence-electron chi connectivity index (χ0n) is 14.8. The molecule has 2 N–H and O–H groups in total. The summed E-state index contributed by atoms with van der Waals surface area (Å²) in [6.07, 6.45) is 0. The molecule has 0 unspecified atom stereocenters. The Balaban J connectivity index is 1.89. The number of rotatable bonds is 6. The van der Waals surface area contributed by atoms with Crippen LogP contribution in [0.2, 0.25) is 5.02 Å². The normalized spacial score (nSPS) is 10.9. The zero-order valence-corrected chi connectivity index (χ0v) is 16.4. The summed E-state index contributed by atoms with van der Waals surface area (Å²) in [5, 5.41) is 2.71. The first-order valence-electron chi connectivity index (χ1n) is 8.22. The fourth-order valence-electron chi connectivity index (χ4n) is 2.51. The number of halogens is 1. The minimum atomic E-state index is -3.97. The average Bonchev–Trinajstić information content (AvgIpc) is 2.69. The van der Waals surface area contributed by atoms with Crippen LogP contribution in [0.25, 0.3) is 0 Å². The molecule has 0 radical (unpaired) electrons. The minimum Gasteiger partial charge on any atom is -0.495 e. The molecular weight excluding hydrogens is 400 g/mol. The fourth-order valence-corrected chi connectivity index (χ4v) is 4.09. The SMILES string of the molecule is COc1ccccc1NC(=O)c1ccc(Cl)c(S(=O)(=O)Nc2ccccc2)c1. The van der Waals surface area contributed by atoms with E-state index in [1.165, 1.54) is 25.3 Å². The lowest BCUT2D eigenvalue weighted by atomic mass is 10.2. The van der Waals surface area contributed by atoms with Crippen molar-refractivity contribution < 1.29 is 17.9 Å². The average molecular weight is 417 g/mol. The van der Waals surface area contributed by atoms with Crippen molar-refractivity contribution in [2.75, 3.05) is 17.1 Å². The molecular formula is C20H17ClN2O4S. The van der Waals surface area contributed by atoms with Crippen molar-refractivity contribution in [3.8, 4) is 5.75 Å². The lowest BCUT2D eigenvalue weighted by molar-refractivity contribution is 0.102. The van der Waals surface area contributed by atoms with Gasteiger partial charge in [0.15, 0.2) is 0 Å². The van der Waals surface area contributed by atoms with Gasteiger partial charge in [-0.3, -0.25) is 9.52 Å². The van der Waals surface area contributed by atoms with Crippen LogP contribution in [-0.2, 0) is 10.0 Å². The van der Waals surface area contributed by atoms with Crippen LogP contribution < -0.4 is 14.8 Å². The molecule has 0 fully saturated rings. The lowest BCUT2D eigenvalue weighted by Crippen LogP contribution is -2.16. The van der Waals surface area contributed by atoms with E-state index in [0.29, 0.717) is 17.1 Å². The summed E-state index contributed by atoms with van der Waals surface area (Å²) in [5.41, 5.74) is 1.00. The third kappa shape index (κ3) is 4.44. The molecule has 0 bridgehead atoms. The molecule has 0 aliphatic heterocycles. The summed E-state index contributed by atoms with van der Waals surface area (Å²) in [5.74, 6) is 0.000676. The van der Waals surface area contributed by atoms with Crippen LogP contribution >= 0.6 is 11.6 Å². The molecule has 144 valence electrons. The van der Waals surface area contributed by atoms with Gasteiger partial charge in [0.05, 0.1) is 17.8 Å². The van der Waals surface area contributed by atoms with Crippen LogP contribution in [-0.4, -0.2) is 21.4 Å². The second kappa shape index (κ2) is 8.33. The molecule has 0 aliphatic carbocycles. The number of sulfonamides is 1. The number of carbonyl (C=O) groups is 1. The number of para-hydroxylation sites is 3. The van der Waals surface area contributed by atoms with E-state index in [-0.39, 0.29) is 15.5 Å². The number of hydrogen-bond acceptors (Lipinski definition) is 4. The van der Waals surface area contributed by atoms with Crippen molar-refractivity contribution in [3.63, 3.8) is 0 Å². The number of ether oxygens (including phenoxy) is 1. The van der Waals surface area contributed by atoms with E-state index >= 15 is 0 Å². The Kier molecular flexibility index (Phi) is 5.87. The van der Waals surface area contributed by atoms with Crippen molar-refractivity contribution in [1.82, 2.24) is 0 Å². The van der Waals surface area contributed by atoms with Crippen molar-refractivity contribution in [2.24, 2.45) is 0 Å². The third-order valence-electron chi connectivity index (χ3n) is 3.86. The van der Waals surface area contributed by atoms with Crippen molar-refractivity contribution in [3.05, 3.63) is 83.4 Å². The zero-order chi connectivity index (χ0) is 20.1. The molecule has 0 atom stereocenters. The van der Waals surface area contributed by atoms with Crippen LogP contribution in [0.1, 0.15) is 10.4 Å². The summed E-state index contributed by atoms with van der Waals surface area (Å²) < 4.78 is 33.1. The third-order valence-corrected chi connectivity index (χ3v) is 5.73. The molecule has 1 amide bonds. The van der Waals surface area contributed by atoms with Crippen LogP contribution in [0, 0.1) is 0 Å². The summed E-state index contributed by atoms with van der Waals surface area (Å²) in [6, 6.07) is 19.4. The van der Waals surface area contributed by atoms with Crippen LogP contribution in [0.4, 0.5) is 11.4 Å². The number of nitrogens with one attached hydrogen (secondary N) is 2. The Morgan fingerprint density at radius 2 is 1.64 bits per heavy atom. The number of hydrogen-bond donors (Lipinski definition) is 2. The predicted molar refractivity (Wildman–Crippen MR) is 110 cm³/mol. The van der Waals surface area contributed by atoms with Gasteiger partial charge in [0.2, 0.25) is 0 Å². The highest BCUT2D eigenvalue weighted by Gasteiger charge is 2.21. The maximum atomic E-state index is 12.7. The Morgan fingerprint density at radius 1 is 0.964 bits per heavy atom. The quantitative estimate of drug-likeness (QED) is 0.623. The highest BCUT2D eigenvalue weighted by Crippen LogP contribution is 2.27. The Bertz CT molecular complexity index is 1100. The topological polar surface area (TPSA) is 84.5 Å². The lowest BCUT2D eigenvalue weighted by Gasteiger charge is -2.12. The Labute approximate surface area is 168 Å². The second-order valence-electron chi connectivity index (χ2n) is 5.77. The van der Waals surface area contributed by atoms with Gasteiger partial charge in [-0.15, -0.1) is 0 Å². The van der Waals surface area contributed by atoms with Gasteiger partial charge in [-0.05, 0) is 42.5 Å². The molecule has 0 heterocycles. The van der Waals surface area contributed by atoms with Crippen molar-refractivity contribution in [2.45, 2.75) is 4.90 Å². The molecule has 0 saturated carbocycles. The van der Waals surface area contributed by atoms with Gasteiger partial charge in [0, 0.05) is 11.3 Å². The first kappa shape index (κ1) is 19.7. The summed E-state index contributed by atoms with van der Waals surface area (Å²) in [7, 11) is -2.48. The van der Waals surface area contributed by atoms with Gasteiger partial charge in [-0.1, -0.05) is 41.9 Å². The van der Waals surface area contributed by atoms with Crippen molar-refractivity contribution >= 4 is 38.9 Å². The molecule has 0 aromatic heterocycles. The number of methoxy groups -OCH3 is 1. The predicted octanol–water partition coefficient (Wildman–Crippen LogP) is 4.40.